The van der Waals surface area contributed by atoms with Crippen LogP contribution in [-0.4, -0.2) is 217 Å². The second-order valence-electron chi connectivity index (χ2n) is 42.1. The molecule has 0 spiro atoms. The standard InChI is InChI=1S/C39H45N3O7S.C32H40FN3O7S.C23H34N2O6S.C16H12ClNO.CH4O/c1-25-11-7-4-3-5-10-14-27-22-39(27,38(45)41-50(46,47)30-16-17-30)23-35(43)34-20-29(24-42(34)37(25)44)49-36-21-32(26-12-8-6-9-13-26)40-33-19-28(48-2)15-18-31(33)36;1-20-8-5-3-2-4-6-10-22-15-32(22,30(39)34-44(41,42)24-12-13-24)16-28(37)27-14-23(18-36(27)29(20)38)43-31(40)35-17-21-9-7-11-26(33)25(21)19-35;1-15-7-5-3-2-4-6-8-16-12-23(16,22(29)24-32(30,31)18-9-10-18)13-20(27)19-11-17(26)14-25(19)21(15)28;1-19-12-7-8-13-14(17)10-15(18-16(13)9-12)11-5-3-2-4-6-11;1-2/h6,8-10,12-15,18-19,21,25,27,29-30,34H,3-5,7,11,16-17,20,22-24H2,1-2H3,(H,41,45);6-7,9-11,20,22-24,27H,2-5,8,12-19H2,1H3,(H,34,39);6,8,15-19,26H,2-5,7,9-14H2,1H3,(H,24,29);2-10H,1H3;2H,1H3/b14-10-;10-6-;8-6-;;/t25-,27+,29+,34-,39+;20-,22+,23+,27-,32+;15-,16+,17+,19-,23+;;/m000../s1. The number of hydrogen-bond acceptors (Lipinski definition) is 24. The number of amides is 7. The summed E-state index contributed by atoms with van der Waals surface area (Å²) in [6.07, 6.45) is 26.7. The number of nitrogens with one attached hydrogen (secondary N) is 3. The minimum atomic E-state index is -3.80. The van der Waals surface area contributed by atoms with Gasteiger partial charge in [0.15, 0.2) is 17.3 Å². The topological polar surface area (TPSA) is 425 Å². The number of fused-ring (bicyclic) bond motifs is 9. The van der Waals surface area contributed by atoms with E-state index in [0.29, 0.717) is 97.4 Å². The van der Waals surface area contributed by atoms with Gasteiger partial charge in [0.25, 0.3) is 0 Å². The normalized spacial score (nSPS) is 28.7. The summed E-state index contributed by atoms with van der Waals surface area (Å²) in [5.74, 6) is -3.08. The highest BCUT2D eigenvalue weighted by molar-refractivity contribution is 7.91. The maximum Gasteiger partial charge on any atom is 0.410 e. The zero-order chi connectivity index (χ0) is 105. The molecule has 0 bridgehead atoms. The van der Waals surface area contributed by atoms with Crippen LogP contribution >= 0.6 is 11.6 Å². The molecule has 0 unspecified atom stereocenters. The molecule has 3 saturated heterocycles. The Kier molecular flexibility index (Phi) is 34.2. The molecule has 36 heteroatoms. The number of carbonyl (C=O) groups is 10. The molecule has 7 aliphatic heterocycles. The van der Waals surface area contributed by atoms with E-state index in [9.17, 15) is 82.7 Å². The van der Waals surface area contributed by atoms with Gasteiger partial charge < -0.3 is 43.9 Å². The van der Waals surface area contributed by atoms with Crippen LogP contribution in [-0.2, 0) is 91.0 Å². The summed E-state index contributed by atoms with van der Waals surface area (Å²) in [5, 5.41) is 18.0. The summed E-state index contributed by atoms with van der Waals surface area (Å²) in [6, 6.07) is 37.1. The fourth-order valence-electron chi connectivity index (χ4n) is 21.8. The van der Waals surface area contributed by atoms with Gasteiger partial charge in [0.2, 0.25) is 65.5 Å². The molecule has 7 aromatic rings. The van der Waals surface area contributed by atoms with E-state index >= 15 is 0 Å². The number of pyridine rings is 2. The first-order chi connectivity index (χ1) is 70.5. The molecule has 6 aliphatic carbocycles. The molecule has 20 rings (SSSR count). The summed E-state index contributed by atoms with van der Waals surface area (Å²) in [7, 11) is -7.05. The van der Waals surface area contributed by atoms with Gasteiger partial charge in [-0.1, -0.05) is 180 Å². The van der Waals surface area contributed by atoms with E-state index in [0.717, 1.165) is 142 Å². The highest BCUT2D eigenvalue weighted by atomic mass is 35.5. The third-order valence-electron chi connectivity index (χ3n) is 31.3. The number of methoxy groups -OCH3 is 2. The van der Waals surface area contributed by atoms with Gasteiger partial charge in [0.1, 0.15) is 35.3 Å². The Balaban J connectivity index is 0.000000146. The summed E-state index contributed by atoms with van der Waals surface area (Å²) in [5.41, 5.74) is 2.79. The minimum Gasteiger partial charge on any atom is -0.497 e. The van der Waals surface area contributed by atoms with Crippen LogP contribution in [0.2, 0.25) is 5.02 Å². The second kappa shape index (κ2) is 46.4. The molecule has 31 nitrogen and oxygen atoms in total. The zero-order valence-electron chi connectivity index (χ0n) is 84.2. The van der Waals surface area contributed by atoms with Gasteiger partial charge in [-0.3, -0.25) is 62.2 Å². The number of aliphatic hydroxyl groups is 2. The summed E-state index contributed by atoms with van der Waals surface area (Å²) in [4.78, 5) is 151. The van der Waals surface area contributed by atoms with E-state index in [2.05, 4.69) is 25.2 Å². The first-order valence-corrected chi connectivity index (χ1v) is 56.9. The Labute approximate surface area is 864 Å². The van der Waals surface area contributed by atoms with E-state index < -0.39 is 122 Å². The number of Topliss-reactive ketones (excluding diaryl/α,β-unsaturated/α-hetero) is 3. The van der Waals surface area contributed by atoms with E-state index in [4.69, 9.17) is 40.6 Å². The predicted octanol–water partition coefficient (Wildman–Crippen LogP) is 15.8. The number of aliphatic hydroxyl groups excluding tert-OH is 2. The highest BCUT2D eigenvalue weighted by Gasteiger charge is 2.65. The number of nitrogens with zero attached hydrogens (tertiary/aromatic N) is 6. The number of benzene rings is 5. The highest BCUT2D eigenvalue weighted by Crippen LogP contribution is 2.60. The lowest BCUT2D eigenvalue weighted by Crippen LogP contribution is -2.46. The first kappa shape index (κ1) is 108. The molecule has 788 valence electrons. The Hall–Kier alpha value is -11.4. The van der Waals surface area contributed by atoms with Crippen molar-refractivity contribution < 1.29 is 107 Å². The van der Waals surface area contributed by atoms with Gasteiger partial charge in [0, 0.05) is 122 Å². The number of ketones is 3. The van der Waals surface area contributed by atoms with E-state index in [1.165, 1.54) is 20.8 Å². The van der Waals surface area contributed by atoms with Crippen molar-refractivity contribution in [3.8, 4) is 39.8 Å². The van der Waals surface area contributed by atoms with Crippen molar-refractivity contribution in [3.05, 3.63) is 186 Å². The molecule has 13 aliphatic rings. The van der Waals surface area contributed by atoms with Crippen LogP contribution in [0.5, 0.6) is 17.2 Å². The lowest BCUT2D eigenvalue weighted by atomic mass is 9.91. The maximum absolute atomic E-state index is 14.3. The molecule has 2 aromatic heterocycles. The molecule has 0 radical (unpaired) electrons. The van der Waals surface area contributed by atoms with Crippen LogP contribution in [0.4, 0.5) is 9.18 Å². The summed E-state index contributed by atoms with van der Waals surface area (Å²) in [6.45, 7) is 6.28. The third kappa shape index (κ3) is 25.5. The third-order valence-corrected chi connectivity index (χ3v) is 37.1. The molecular weight excluding hydrogens is 1960 g/mol. The predicted molar refractivity (Wildman–Crippen MR) is 552 cm³/mol. The number of allylic oxidation sites excluding steroid dienone is 6. The van der Waals surface area contributed by atoms with Gasteiger partial charge in [0.05, 0.1) is 118 Å². The summed E-state index contributed by atoms with van der Waals surface area (Å²) < 4.78 is 120. The SMILES string of the molecule is CO.COc1ccc2c(Cl)cc(-c3ccccc3)nc2c1.COc1ccc2c(O[C@@H]3C[C@H]4C(=O)C[C@]5(C(=O)NS(=O)(=O)C6CC6)C[C@H]5/C=C\CCCCC[C@H](C)C(=O)N4C3)cc(-c3ccccc3)nc2c1.C[C@H]1CCCCC/C=C\[C@@H]2C[C@@]2(C(=O)NS(=O)(=O)C2CC2)CC(=O)[C@@H]2C[C@@H](O)CN2C1=O.C[C@H]1CCCCC/C=C\[C@@H]2C[C@@]2(C(=O)NS(=O)(=O)C2CC2)CC(=O)[C@@H]2C[C@@H](OC(=O)N3Cc4cccc(F)c4C3)CN2C1=O. The number of aromatic nitrogens is 2. The number of halogens is 2. The quantitative estimate of drug-likeness (QED) is 0.0561. The lowest BCUT2D eigenvalue weighted by Gasteiger charge is -2.27. The van der Waals surface area contributed by atoms with Crippen molar-refractivity contribution in [2.75, 3.05) is 41.0 Å². The van der Waals surface area contributed by atoms with Gasteiger partial charge in [-0.2, -0.15) is 0 Å². The molecule has 5 aromatic carbocycles. The average molecular weight is 2100 g/mol. The molecule has 5 N–H and O–H groups in total. The van der Waals surface area contributed by atoms with Crippen LogP contribution in [0.15, 0.2) is 164 Å². The Morgan fingerprint density at radius 2 is 0.850 bits per heavy atom. The fraction of sp³-hybridized carbons (Fsp3) is 0.532. The largest absolute Gasteiger partial charge is 0.497 e. The Morgan fingerprint density at radius 3 is 1.27 bits per heavy atom. The monoisotopic (exact) mass is 2100 g/mol. The number of sulfonamides is 3. The molecule has 9 heterocycles. The van der Waals surface area contributed by atoms with Crippen LogP contribution in [0, 0.1) is 57.6 Å². The molecule has 6 saturated carbocycles. The number of rotatable bonds is 16. The molecule has 147 heavy (non-hydrogen) atoms. The Morgan fingerprint density at radius 1 is 0.456 bits per heavy atom. The van der Waals surface area contributed by atoms with E-state index in [-0.39, 0.29) is 148 Å². The first-order valence-electron chi connectivity index (χ1n) is 51.9. The Bertz CT molecular complexity index is 6570. The van der Waals surface area contributed by atoms with Gasteiger partial charge in [-0.05, 0) is 175 Å². The second-order valence-corrected chi connectivity index (χ2v) is 48.4. The van der Waals surface area contributed by atoms with Gasteiger partial charge >= 0.3 is 6.09 Å². The summed E-state index contributed by atoms with van der Waals surface area (Å²) >= 11 is 6.33. The maximum atomic E-state index is 14.3. The molecule has 15 atom stereocenters. The van der Waals surface area contributed by atoms with E-state index in [1.807, 2.05) is 160 Å². The minimum absolute atomic E-state index is 0.0407. The van der Waals surface area contributed by atoms with E-state index in [1.54, 1.807) is 31.3 Å². The van der Waals surface area contributed by atoms with Gasteiger partial charge in [-0.15, -0.1) is 0 Å². The van der Waals surface area contributed by atoms with Crippen LogP contribution < -0.4 is 28.4 Å². The lowest BCUT2D eigenvalue weighted by molar-refractivity contribution is -0.142. The number of hydrogen-bond donors (Lipinski definition) is 5. The van der Waals surface area contributed by atoms with Gasteiger partial charge in [-0.25, -0.2) is 44.4 Å². The zero-order valence-corrected chi connectivity index (χ0v) is 87.4. The number of carbonyl (C=O) groups excluding carboxylic acids is 10. The van der Waals surface area contributed by atoms with Crippen LogP contribution in [0.3, 0.4) is 0 Å². The molecule has 9 fully saturated rings. The van der Waals surface area contributed by atoms with Crippen molar-refractivity contribution >= 4 is 122 Å². The number of ether oxygens (including phenoxy) is 4. The average Bonchev–Trinajstić information content (AvgIpc) is 1.58. The smallest absolute Gasteiger partial charge is 0.410 e. The molecule has 7 amide bonds. The van der Waals surface area contributed by atoms with Crippen molar-refractivity contribution in [1.29, 1.82) is 0 Å². The van der Waals surface area contributed by atoms with Crippen molar-refractivity contribution in [3.63, 3.8) is 0 Å². The van der Waals surface area contributed by atoms with Crippen molar-refractivity contribution in [2.45, 2.75) is 279 Å². The van der Waals surface area contributed by atoms with Crippen molar-refractivity contribution in [1.82, 2.24) is 43.7 Å². The van der Waals surface area contributed by atoms with Crippen LogP contribution in [0.1, 0.15) is 225 Å². The van der Waals surface area contributed by atoms with Crippen molar-refractivity contribution in [2.24, 2.45) is 51.8 Å². The fourth-order valence-corrected chi connectivity index (χ4v) is 26.2. The molecular formula is C111H135ClFN9O22S3. The van der Waals surface area contributed by atoms with Crippen LogP contribution in [0.25, 0.3) is 44.3 Å².